The number of hydrogen-bond acceptors (Lipinski definition) is 3. The third-order valence-electron chi connectivity index (χ3n) is 3.71. The molecule has 0 spiro atoms. The van der Waals surface area contributed by atoms with E-state index >= 15 is 0 Å². The Labute approximate surface area is 107 Å². The predicted octanol–water partition coefficient (Wildman–Crippen LogP) is 0.938. The molecular weight excluding hydrogens is 236 g/mol. The molecule has 0 aliphatic carbocycles. The third kappa shape index (κ3) is 3.16. The van der Waals surface area contributed by atoms with E-state index in [1.807, 2.05) is 4.90 Å². The highest BCUT2D eigenvalue weighted by molar-refractivity contribution is 7.80. The number of nitrogens with two attached hydrogens (primary N) is 1. The van der Waals surface area contributed by atoms with Gasteiger partial charge in [0.25, 0.3) is 0 Å². The SMILES string of the molecule is NC(=S)C1CCCN(C(=O)C2CCOCC2)C1. The maximum Gasteiger partial charge on any atom is 0.225 e. The lowest BCUT2D eigenvalue weighted by Gasteiger charge is -2.35. The van der Waals surface area contributed by atoms with Gasteiger partial charge in [-0.1, -0.05) is 12.2 Å². The normalized spacial score (nSPS) is 26.8. The first-order valence-electron chi connectivity index (χ1n) is 6.34. The minimum Gasteiger partial charge on any atom is -0.393 e. The molecule has 1 atom stereocenters. The lowest BCUT2D eigenvalue weighted by atomic mass is 9.94. The van der Waals surface area contributed by atoms with Crippen molar-refractivity contribution < 1.29 is 9.53 Å². The first-order valence-corrected chi connectivity index (χ1v) is 6.75. The predicted molar refractivity (Wildman–Crippen MR) is 69.6 cm³/mol. The molecule has 0 aromatic rings. The van der Waals surface area contributed by atoms with Crippen molar-refractivity contribution in [2.75, 3.05) is 26.3 Å². The summed E-state index contributed by atoms with van der Waals surface area (Å²) in [7, 11) is 0. The summed E-state index contributed by atoms with van der Waals surface area (Å²) >= 11 is 5.03. The number of ether oxygens (including phenoxy) is 1. The number of amides is 1. The van der Waals surface area contributed by atoms with Gasteiger partial charge in [0.05, 0.1) is 4.99 Å². The number of nitrogens with zero attached hydrogens (tertiary/aromatic N) is 1. The van der Waals surface area contributed by atoms with Crippen molar-refractivity contribution in [2.24, 2.45) is 17.6 Å². The smallest absolute Gasteiger partial charge is 0.225 e. The average molecular weight is 256 g/mol. The minimum absolute atomic E-state index is 0.147. The van der Waals surface area contributed by atoms with E-state index in [9.17, 15) is 4.79 Å². The van der Waals surface area contributed by atoms with Crippen molar-refractivity contribution in [3.63, 3.8) is 0 Å². The fourth-order valence-electron chi connectivity index (χ4n) is 2.61. The standard InChI is InChI=1S/C12H20N2O2S/c13-11(17)10-2-1-5-14(8-10)12(15)9-3-6-16-7-4-9/h9-10H,1-8H2,(H2,13,17). The lowest BCUT2D eigenvalue weighted by molar-refractivity contribution is -0.139. The number of rotatable bonds is 2. The molecule has 1 amide bonds. The van der Waals surface area contributed by atoms with Crippen LogP contribution in [-0.4, -0.2) is 42.1 Å². The minimum atomic E-state index is 0.147. The van der Waals surface area contributed by atoms with Crippen LogP contribution in [0, 0.1) is 11.8 Å². The first kappa shape index (κ1) is 12.8. The van der Waals surface area contributed by atoms with Crippen molar-refractivity contribution in [3.05, 3.63) is 0 Å². The van der Waals surface area contributed by atoms with Crippen LogP contribution in [0.25, 0.3) is 0 Å². The van der Waals surface area contributed by atoms with Gasteiger partial charge in [0.15, 0.2) is 0 Å². The highest BCUT2D eigenvalue weighted by atomic mass is 32.1. The molecule has 2 fully saturated rings. The molecule has 2 aliphatic rings. The third-order valence-corrected chi connectivity index (χ3v) is 4.04. The van der Waals surface area contributed by atoms with Crippen LogP contribution in [0.4, 0.5) is 0 Å². The molecular formula is C12H20N2O2S. The first-order chi connectivity index (χ1) is 8.18. The van der Waals surface area contributed by atoms with Gasteiger partial charge in [-0.3, -0.25) is 4.79 Å². The van der Waals surface area contributed by atoms with Crippen molar-refractivity contribution in [1.82, 2.24) is 4.90 Å². The van der Waals surface area contributed by atoms with Crippen LogP contribution in [0.15, 0.2) is 0 Å². The van der Waals surface area contributed by atoms with Gasteiger partial charge < -0.3 is 15.4 Å². The molecule has 5 heteroatoms. The van der Waals surface area contributed by atoms with Gasteiger partial charge in [-0.15, -0.1) is 0 Å². The summed E-state index contributed by atoms with van der Waals surface area (Å²) in [5.41, 5.74) is 5.68. The summed E-state index contributed by atoms with van der Waals surface area (Å²) in [5, 5.41) is 0. The van der Waals surface area contributed by atoms with E-state index in [1.165, 1.54) is 0 Å². The van der Waals surface area contributed by atoms with E-state index < -0.39 is 0 Å². The van der Waals surface area contributed by atoms with Gasteiger partial charge >= 0.3 is 0 Å². The molecule has 2 rings (SSSR count). The van der Waals surface area contributed by atoms with Crippen molar-refractivity contribution >= 4 is 23.1 Å². The van der Waals surface area contributed by atoms with Crippen LogP contribution in [0.2, 0.25) is 0 Å². The summed E-state index contributed by atoms with van der Waals surface area (Å²) in [4.78, 5) is 14.8. The van der Waals surface area contributed by atoms with E-state index in [1.54, 1.807) is 0 Å². The second-order valence-electron chi connectivity index (χ2n) is 4.91. The Hall–Kier alpha value is -0.680. The maximum absolute atomic E-state index is 12.3. The van der Waals surface area contributed by atoms with Gasteiger partial charge in [-0.05, 0) is 25.7 Å². The number of carbonyl (C=O) groups is 1. The zero-order valence-electron chi connectivity index (χ0n) is 10.1. The maximum atomic E-state index is 12.3. The molecule has 2 heterocycles. The fraction of sp³-hybridized carbons (Fsp3) is 0.833. The Morgan fingerprint density at radius 3 is 2.59 bits per heavy atom. The molecule has 1 unspecified atom stereocenters. The number of piperidine rings is 1. The van der Waals surface area contributed by atoms with Crippen LogP contribution in [0.5, 0.6) is 0 Å². The molecule has 96 valence electrons. The molecule has 4 nitrogen and oxygen atoms in total. The topological polar surface area (TPSA) is 55.6 Å². The van der Waals surface area contributed by atoms with Gasteiger partial charge in [-0.25, -0.2) is 0 Å². The number of thiocarbonyl (C=S) groups is 1. The average Bonchev–Trinajstić information content (AvgIpc) is 2.39. The van der Waals surface area contributed by atoms with E-state index in [-0.39, 0.29) is 17.7 Å². The lowest BCUT2D eigenvalue weighted by Crippen LogP contribution is -2.46. The summed E-state index contributed by atoms with van der Waals surface area (Å²) in [6, 6.07) is 0. The molecule has 0 saturated carbocycles. The molecule has 0 aromatic carbocycles. The van der Waals surface area contributed by atoms with Gasteiger partial charge in [-0.2, -0.15) is 0 Å². The largest absolute Gasteiger partial charge is 0.393 e. The van der Waals surface area contributed by atoms with Crippen molar-refractivity contribution in [1.29, 1.82) is 0 Å². The highest BCUT2D eigenvalue weighted by Crippen LogP contribution is 2.22. The van der Waals surface area contributed by atoms with Crippen LogP contribution < -0.4 is 5.73 Å². The molecule has 2 saturated heterocycles. The summed E-state index contributed by atoms with van der Waals surface area (Å²) < 4.78 is 5.29. The zero-order valence-corrected chi connectivity index (χ0v) is 10.9. The van der Waals surface area contributed by atoms with E-state index in [2.05, 4.69) is 0 Å². The van der Waals surface area contributed by atoms with E-state index in [0.717, 1.165) is 32.2 Å². The van der Waals surface area contributed by atoms with Crippen LogP contribution in [0.1, 0.15) is 25.7 Å². The Bertz CT molecular complexity index is 303. The molecule has 0 bridgehead atoms. The van der Waals surface area contributed by atoms with Gasteiger partial charge in [0.2, 0.25) is 5.91 Å². The van der Waals surface area contributed by atoms with Crippen molar-refractivity contribution in [3.8, 4) is 0 Å². The quantitative estimate of drug-likeness (QED) is 0.747. The van der Waals surface area contributed by atoms with Gasteiger partial charge in [0, 0.05) is 38.1 Å². The Balaban J connectivity index is 1.91. The number of hydrogen-bond donors (Lipinski definition) is 1. The monoisotopic (exact) mass is 256 g/mol. The van der Waals surface area contributed by atoms with Crippen LogP contribution in [-0.2, 0) is 9.53 Å². The number of likely N-dealkylation sites (tertiary alicyclic amines) is 1. The summed E-state index contributed by atoms with van der Waals surface area (Å²) in [5.74, 6) is 0.630. The molecule has 0 aromatic heterocycles. The fourth-order valence-corrected chi connectivity index (χ4v) is 2.80. The molecule has 2 N–H and O–H groups in total. The van der Waals surface area contributed by atoms with E-state index in [0.29, 0.717) is 24.7 Å². The Morgan fingerprint density at radius 1 is 1.24 bits per heavy atom. The molecule has 2 aliphatic heterocycles. The summed E-state index contributed by atoms with van der Waals surface area (Å²) in [6.45, 7) is 2.99. The molecule has 17 heavy (non-hydrogen) atoms. The summed E-state index contributed by atoms with van der Waals surface area (Å²) in [6.07, 6.45) is 3.74. The second kappa shape index (κ2) is 5.78. The number of carbonyl (C=O) groups excluding carboxylic acids is 1. The zero-order chi connectivity index (χ0) is 12.3. The Kier molecular flexibility index (Phi) is 4.34. The van der Waals surface area contributed by atoms with Crippen LogP contribution in [0.3, 0.4) is 0 Å². The van der Waals surface area contributed by atoms with Crippen LogP contribution >= 0.6 is 12.2 Å². The van der Waals surface area contributed by atoms with E-state index in [4.69, 9.17) is 22.7 Å². The molecule has 0 radical (unpaired) electrons. The van der Waals surface area contributed by atoms with Gasteiger partial charge in [0.1, 0.15) is 0 Å². The highest BCUT2D eigenvalue weighted by Gasteiger charge is 2.30. The Morgan fingerprint density at radius 2 is 1.94 bits per heavy atom. The van der Waals surface area contributed by atoms with Crippen molar-refractivity contribution in [2.45, 2.75) is 25.7 Å². The second-order valence-corrected chi connectivity index (χ2v) is 5.38.